The first-order valence-electron chi connectivity index (χ1n) is 7.71. The molecule has 0 radical (unpaired) electrons. The molecule has 1 atom stereocenters. The van der Waals surface area contributed by atoms with Crippen molar-refractivity contribution in [1.29, 1.82) is 0 Å². The normalized spacial score (nSPS) is 11.9. The molecule has 0 aliphatic carbocycles. The van der Waals surface area contributed by atoms with Gasteiger partial charge in [-0.2, -0.15) is 8.78 Å². The van der Waals surface area contributed by atoms with Gasteiger partial charge in [0.15, 0.2) is 5.11 Å². The van der Waals surface area contributed by atoms with Gasteiger partial charge in [0.25, 0.3) is 0 Å². The summed E-state index contributed by atoms with van der Waals surface area (Å²) in [5.41, 5.74) is 2.47. The average Bonchev–Trinajstić information content (AvgIpc) is 2.56. The van der Waals surface area contributed by atoms with Crippen molar-refractivity contribution < 1.29 is 13.5 Å². The Morgan fingerprint density at radius 3 is 2.38 bits per heavy atom. The summed E-state index contributed by atoms with van der Waals surface area (Å²) in [6, 6.07) is 14.4. The van der Waals surface area contributed by atoms with E-state index in [2.05, 4.69) is 29.2 Å². The fourth-order valence-electron chi connectivity index (χ4n) is 2.18. The third kappa shape index (κ3) is 5.16. The fraction of sp³-hybridized carbons (Fsp3) is 0.278. The van der Waals surface area contributed by atoms with E-state index in [0.717, 1.165) is 12.1 Å². The third-order valence-electron chi connectivity index (χ3n) is 3.70. The Morgan fingerprint density at radius 2 is 1.75 bits per heavy atom. The van der Waals surface area contributed by atoms with Gasteiger partial charge in [-0.1, -0.05) is 38.1 Å². The van der Waals surface area contributed by atoms with Gasteiger partial charge in [0.05, 0.1) is 5.69 Å². The number of rotatable bonds is 6. The molecule has 0 bridgehead atoms. The predicted molar refractivity (Wildman–Crippen MR) is 98.1 cm³/mol. The molecule has 0 aliphatic heterocycles. The van der Waals surface area contributed by atoms with Crippen LogP contribution >= 0.6 is 12.2 Å². The van der Waals surface area contributed by atoms with E-state index >= 15 is 0 Å². The number of alkyl halides is 2. The Bertz CT molecular complexity index is 677. The molecule has 6 heteroatoms. The quantitative estimate of drug-likeness (QED) is 0.663. The van der Waals surface area contributed by atoms with Crippen molar-refractivity contribution in [2.24, 2.45) is 0 Å². The van der Waals surface area contributed by atoms with E-state index in [1.165, 1.54) is 11.6 Å². The lowest BCUT2D eigenvalue weighted by molar-refractivity contribution is -0.0493. The summed E-state index contributed by atoms with van der Waals surface area (Å²) in [5.74, 6) is 0.547. The van der Waals surface area contributed by atoms with Crippen molar-refractivity contribution in [3.63, 3.8) is 0 Å². The van der Waals surface area contributed by atoms with Crippen molar-refractivity contribution in [1.82, 2.24) is 0 Å². The summed E-state index contributed by atoms with van der Waals surface area (Å²) in [6.45, 7) is 1.44. The molecule has 2 rings (SSSR count). The highest BCUT2D eigenvalue weighted by molar-refractivity contribution is 7.80. The maximum atomic E-state index is 12.4. The molecule has 0 amide bonds. The first-order chi connectivity index (χ1) is 11.5. The Labute approximate surface area is 146 Å². The molecule has 2 N–H and O–H groups in total. The Balaban J connectivity index is 2.01. The summed E-state index contributed by atoms with van der Waals surface area (Å²) in [4.78, 5) is 0. The number of nitrogens with one attached hydrogen (secondary N) is 2. The van der Waals surface area contributed by atoms with E-state index in [0.29, 0.717) is 16.7 Å². The van der Waals surface area contributed by atoms with Crippen molar-refractivity contribution in [3.8, 4) is 5.75 Å². The highest BCUT2D eigenvalue weighted by atomic mass is 32.1. The summed E-state index contributed by atoms with van der Waals surface area (Å²) >= 11 is 5.23. The second-order valence-electron chi connectivity index (χ2n) is 5.39. The van der Waals surface area contributed by atoms with Crippen LogP contribution in [-0.4, -0.2) is 11.7 Å². The number of halogens is 2. The van der Waals surface area contributed by atoms with Crippen LogP contribution in [0.15, 0.2) is 48.5 Å². The van der Waals surface area contributed by atoms with Crippen molar-refractivity contribution in [2.75, 3.05) is 10.6 Å². The molecule has 3 nitrogen and oxygen atoms in total. The predicted octanol–water partition coefficient (Wildman–Crippen LogP) is 5.61. The van der Waals surface area contributed by atoms with Gasteiger partial charge in [0.1, 0.15) is 5.75 Å². The van der Waals surface area contributed by atoms with Gasteiger partial charge in [0.2, 0.25) is 0 Å². The maximum Gasteiger partial charge on any atom is 0.387 e. The van der Waals surface area contributed by atoms with Gasteiger partial charge in [-0.25, -0.2) is 0 Å². The summed E-state index contributed by atoms with van der Waals surface area (Å²) < 4.78 is 29.3. The standard InChI is InChI=1S/C18H20F2N2OS/c1-3-12(2)13-8-10-14(11-9-13)21-18(24)22-15-6-4-5-7-16(15)23-17(19)20/h4-12,17H,3H2,1-2H3,(H2,21,22,24)/t12-/m1/s1. The number of thiocarbonyl (C=S) groups is 1. The minimum absolute atomic E-state index is 0.0452. The highest BCUT2D eigenvalue weighted by Crippen LogP contribution is 2.26. The molecule has 0 aromatic heterocycles. The molecule has 0 spiro atoms. The van der Waals surface area contributed by atoms with Gasteiger partial charge in [-0.3, -0.25) is 0 Å². The number of hydrogen-bond acceptors (Lipinski definition) is 2. The zero-order valence-corrected chi connectivity index (χ0v) is 14.4. The van der Waals surface area contributed by atoms with Crippen LogP contribution in [0.1, 0.15) is 31.7 Å². The minimum atomic E-state index is -2.89. The van der Waals surface area contributed by atoms with Crippen molar-refractivity contribution >= 4 is 28.7 Å². The Hall–Kier alpha value is -2.21. The first kappa shape index (κ1) is 18.1. The molecule has 0 heterocycles. The number of para-hydroxylation sites is 2. The lowest BCUT2D eigenvalue weighted by Gasteiger charge is -2.15. The lowest BCUT2D eigenvalue weighted by atomic mass is 9.99. The van der Waals surface area contributed by atoms with E-state index in [4.69, 9.17) is 12.2 Å². The van der Waals surface area contributed by atoms with Gasteiger partial charge < -0.3 is 15.4 Å². The first-order valence-corrected chi connectivity index (χ1v) is 8.12. The molecular formula is C18H20F2N2OS. The summed E-state index contributed by atoms with van der Waals surface area (Å²) in [6.07, 6.45) is 1.08. The highest BCUT2D eigenvalue weighted by Gasteiger charge is 2.10. The van der Waals surface area contributed by atoms with Crippen LogP contribution in [0.25, 0.3) is 0 Å². The molecule has 24 heavy (non-hydrogen) atoms. The topological polar surface area (TPSA) is 33.3 Å². The lowest BCUT2D eigenvalue weighted by Crippen LogP contribution is -2.20. The van der Waals surface area contributed by atoms with Gasteiger partial charge in [-0.05, 0) is 54.4 Å². The second kappa shape index (κ2) is 8.59. The molecule has 2 aromatic carbocycles. The molecule has 0 saturated heterocycles. The largest absolute Gasteiger partial charge is 0.433 e. The zero-order valence-electron chi connectivity index (χ0n) is 13.6. The third-order valence-corrected chi connectivity index (χ3v) is 3.91. The fourth-order valence-corrected chi connectivity index (χ4v) is 2.41. The van der Waals surface area contributed by atoms with E-state index in [1.54, 1.807) is 18.2 Å². The van der Waals surface area contributed by atoms with Crippen LogP contribution in [0.5, 0.6) is 5.75 Å². The van der Waals surface area contributed by atoms with Crippen LogP contribution in [-0.2, 0) is 0 Å². The van der Waals surface area contributed by atoms with Gasteiger partial charge in [0, 0.05) is 5.69 Å². The molecule has 0 aliphatic rings. The van der Waals surface area contributed by atoms with E-state index < -0.39 is 6.61 Å². The molecule has 128 valence electrons. The number of anilines is 2. The van der Waals surface area contributed by atoms with Crippen molar-refractivity contribution in [2.45, 2.75) is 32.8 Å². The zero-order chi connectivity index (χ0) is 17.5. The van der Waals surface area contributed by atoms with E-state index in [9.17, 15) is 8.78 Å². The molecule has 0 fully saturated rings. The minimum Gasteiger partial charge on any atom is -0.433 e. The second-order valence-corrected chi connectivity index (χ2v) is 5.79. The maximum absolute atomic E-state index is 12.4. The molecular weight excluding hydrogens is 330 g/mol. The molecule has 2 aromatic rings. The Kier molecular flexibility index (Phi) is 6.49. The smallest absolute Gasteiger partial charge is 0.387 e. The van der Waals surface area contributed by atoms with E-state index in [1.807, 2.05) is 24.3 Å². The molecule has 0 saturated carbocycles. The van der Waals surface area contributed by atoms with Crippen LogP contribution in [0.3, 0.4) is 0 Å². The number of benzene rings is 2. The summed E-state index contributed by atoms with van der Waals surface area (Å²) in [5, 5.41) is 6.21. The van der Waals surface area contributed by atoms with E-state index in [-0.39, 0.29) is 5.75 Å². The molecule has 0 unspecified atom stereocenters. The van der Waals surface area contributed by atoms with Crippen LogP contribution in [0, 0.1) is 0 Å². The number of ether oxygens (including phenoxy) is 1. The average molecular weight is 350 g/mol. The van der Waals surface area contributed by atoms with Gasteiger partial charge in [-0.15, -0.1) is 0 Å². The van der Waals surface area contributed by atoms with Crippen LogP contribution in [0.2, 0.25) is 0 Å². The summed E-state index contributed by atoms with van der Waals surface area (Å²) in [7, 11) is 0. The SMILES string of the molecule is CC[C@@H](C)c1ccc(NC(=S)Nc2ccccc2OC(F)F)cc1. The van der Waals surface area contributed by atoms with Gasteiger partial charge >= 0.3 is 6.61 Å². The number of hydrogen-bond donors (Lipinski definition) is 2. The monoisotopic (exact) mass is 350 g/mol. The van der Waals surface area contributed by atoms with Crippen LogP contribution in [0.4, 0.5) is 20.2 Å². The van der Waals surface area contributed by atoms with Crippen LogP contribution < -0.4 is 15.4 Å². The Morgan fingerprint density at radius 1 is 1.08 bits per heavy atom. The van der Waals surface area contributed by atoms with Crippen molar-refractivity contribution in [3.05, 3.63) is 54.1 Å².